The summed E-state index contributed by atoms with van der Waals surface area (Å²) in [4.78, 5) is 20.4. The van der Waals surface area contributed by atoms with Crippen LogP contribution in [0.1, 0.15) is 15.4 Å². The van der Waals surface area contributed by atoms with Gasteiger partial charge in [0.1, 0.15) is 4.88 Å². The fourth-order valence-corrected chi connectivity index (χ4v) is 2.12. The van der Waals surface area contributed by atoms with Crippen LogP contribution in [0.4, 0.5) is 10.8 Å². The molecule has 6 nitrogen and oxygen atoms in total. The van der Waals surface area contributed by atoms with Crippen LogP contribution >= 0.6 is 11.3 Å². The summed E-state index contributed by atoms with van der Waals surface area (Å²) in [6.07, 6.45) is 1.52. The summed E-state index contributed by atoms with van der Waals surface area (Å²) >= 11 is 1.16. The first-order chi connectivity index (χ1) is 8.60. The maximum Gasteiger partial charge on any atom is 0.267 e. The molecule has 18 heavy (non-hydrogen) atoms. The minimum atomic E-state index is -0.242. The van der Waals surface area contributed by atoms with Gasteiger partial charge in [-0.1, -0.05) is 11.3 Å². The largest absolute Gasteiger partial charge is 0.481 e. The van der Waals surface area contributed by atoms with Gasteiger partial charge in [-0.3, -0.25) is 4.79 Å². The number of nitrogens with two attached hydrogens (primary N) is 1. The van der Waals surface area contributed by atoms with Crippen molar-refractivity contribution < 1.29 is 9.53 Å². The fraction of sp³-hybridized carbons (Fsp3) is 0.182. The zero-order valence-electron chi connectivity index (χ0n) is 9.93. The summed E-state index contributed by atoms with van der Waals surface area (Å²) in [6.45, 7) is 1.74. The molecule has 1 amide bonds. The Kier molecular flexibility index (Phi) is 3.42. The number of hydrogen-bond acceptors (Lipinski definition) is 6. The highest BCUT2D eigenvalue weighted by Crippen LogP contribution is 2.21. The zero-order chi connectivity index (χ0) is 13.1. The lowest BCUT2D eigenvalue weighted by Gasteiger charge is -2.04. The lowest BCUT2D eigenvalue weighted by molar-refractivity contribution is 0.102. The molecule has 0 atom stereocenters. The second kappa shape index (κ2) is 5.01. The first-order valence-electron chi connectivity index (χ1n) is 5.14. The number of ether oxygens (including phenoxy) is 1. The van der Waals surface area contributed by atoms with Crippen molar-refractivity contribution in [3.8, 4) is 5.88 Å². The third-order valence-corrected chi connectivity index (χ3v) is 3.21. The van der Waals surface area contributed by atoms with Gasteiger partial charge in [0, 0.05) is 6.07 Å². The number of aromatic nitrogens is 2. The average Bonchev–Trinajstić information content (AvgIpc) is 2.69. The number of carbonyl (C=O) groups is 1. The predicted octanol–water partition coefficient (Wildman–Crippen LogP) is 1.69. The minimum absolute atomic E-state index is 0.242. The van der Waals surface area contributed by atoms with E-state index in [2.05, 4.69) is 15.3 Å². The Morgan fingerprint density at radius 3 is 2.78 bits per heavy atom. The molecule has 0 saturated carbocycles. The predicted molar refractivity (Wildman–Crippen MR) is 70.0 cm³/mol. The number of pyridine rings is 1. The molecule has 0 spiro atoms. The maximum atomic E-state index is 11.9. The number of aryl methyl sites for hydroxylation is 1. The Morgan fingerprint density at radius 2 is 2.28 bits per heavy atom. The average molecular weight is 264 g/mol. The van der Waals surface area contributed by atoms with Gasteiger partial charge >= 0.3 is 0 Å². The summed E-state index contributed by atoms with van der Waals surface area (Å²) in [6, 6.07) is 3.38. The molecule has 0 aliphatic heterocycles. The number of rotatable bonds is 3. The van der Waals surface area contributed by atoms with Gasteiger partial charge in [-0.2, -0.15) is 0 Å². The molecule has 0 fully saturated rings. The number of methoxy groups -OCH3 is 1. The standard InChI is InChI=1S/C11H12N4O2S/c1-6-9(18-11(12)14-6)10(16)15-7-3-4-8(17-2)13-5-7/h3-5H,1-2H3,(H2,12,14)(H,15,16). The van der Waals surface area contributed by atoms with Crippen molar-refractivity contribution in [2.75, 3.05) is 18.2 Å². The molecule has 0 bridgehead atoms. The molecule has 2 rings (SSSR count). The van der Waals surface area contributed by atoms with Crippen molar-refractivity contribution in [3.05, 3.63) is 28.9 Å². The van der Waals surface area contributed by atoms with Crippen LogP contribution in [-0.2, 0) is 0 Å². The van der Waals surface area contributed by atoms with E-state index in [-0.39, 0.29) is 5.91 Å². The van der Waals surface area contributed by atoms with Gasteiger partial charge < -0.3 is 15.8 Å². The summed E-state index contributed by atoms with van der Waals surface area (Å²) in [5, 5.41) is 3.10. The van der Waals surface area contributed by atoms with E-state index in [9.17, 15) is 4.79 Å². The maximum absolute atomic E-state index is 11.9. The van der Waals surface area contributed by atoms with Crippen LogP contribution in [0.5, 0.6) is 5.88 Å². The molecule has 0 saturated heterocycles. The van der Waals surface area contributed by atoms with Crippen LogP contribution < -0.4 is 15.8 Å². The van der Waals surface area contributed by atoms with Crippen molar-refractivity contribution in [2.24, 2.45) is 0 Å². The lowest BCUT2D eigenvalue weighted by atomic mass is 10.3. The Hall–Kier alpha value is -2.15. The van der Waals surface area contributed by atoms with E-state index in [1.165, 1.54) is 13.3 Å². The van der Waals surface area contributed by atoms with Gasteiger partial charge in [0.2, 0.25) is 5.88 Å². The van der Waals surface area contributed by atoms with Crippen LogP contribution in [0.25, 0.3) is 0 Å². The number of nitrogens with one attached hydrogen (secondary N) is 1. The number of nitrogen functional groups attached to an aromatic ring is 1. The highest BCUT2D eigenvalue weighted by Gasteiger charge is 2.14. The van der Waals surface area contributed by atoms with Crippen molar-refractivity contribution in [2.45, 2.75) is 6.92 Å². The van der Waals surface area contributed by atoms with Gasteiger partial charge in [0.05, 0.1) is 24.7 Å². The topological polar surface area (TPSA) is 90.1 Å². The van der Waals surface area contributed by atoms with E-state index in [1.54, 1.807) is 19.1 Å². The second-order valence-corrected chi connectivity index (χ2v) is 4.54. The number of hydrogen-bond donors (Lipinski definition) is 2. The van der Waals surface area contributed by atoms with Gasteiger partial charge in [0.25, 0.3) is 5.91 Å². The van der Waals surface area contributed by atoms with Crippen LogP contribution in [0, 0.1) is 6.92 Å². The zero-order valence-corrected chi connectivity index (χ0v) is 10.7. The molecule has 2 heterocycles. The second-order valence-electron chi connectivity index (χ2n) is 3.51. The molecular weight excluding hydrogens is 252 g/mol. The monoisotopic (exact) mass is 264 g/mol. The van der Waals surface area contributed by atoms with Crippen LogP contribution in [-0.4, -0.2) is 23.0 Å². The van der Waals surface area contributed by atoms with Crippen molar-refractivity contribution in [3.63, 3.8) is 0 Å². The van der Waals surface area contributed by atoms with E-state index in [4.69, 9.17) is 10.5 Å². The number of amides is 1. The fourth-order valence-electron chi connectivity index (χ4n) is 1.39. The number of nitrogens with zero attached hydrogens (tertiary/aromatic N) is 2. The number of thiazole rings is 1. The quantitative estimate of drug-likeness (QED) is 0.880. The Labute approximate surface area is 108 Å². The first kappa shape index (κ1) is 12.3. The smallest absolute Gasteiger partial charge is 0.267 e. The van der Waals surface area contributed by atoms with Crippen molar-refractivity contribution >= 4 is 28.1 Å². The number of carbonyl (C=O) groups excluding carboxylic acids is 1. The summed E-state index contributed by atoms with van der Waals surface area (Å²) in [7, 11) is 1.53. The molecule has 0 aliphatic carbocycles. The first-order valence-corrected chi connectivity index (χ1v) is 5.96. The normalized spacial score (nSPS) is 10.1. The molecule has 2 aromatic rings. The minimum Gasteiger partial charge on any atom is -0.481 e. The molecule has 0 radical (unpaired) electrons. The molecule has 3 N–H and O–H groups in total. The SMILES string of the molecule is COc1ccc(NC(=O)c2sc(N)nc2C)cn1. The van der Waals surface area contributed by atoms with E-state index in [0.29, 0.717) is 27.3 Å². The van der Waals surface area contributed by atoms with E-state index >= 15 is 0 Å². The molecule has 94 valence electrons. The summed E-state index contributed by atoms with van der Waals surface area (Å²) in [5.74, 6) is 0.250. The molecule has 0 aliphatic rings. The third-order valence-electron chi connectivity index (χ3n) is 2.22. The van der Waals surface area contributed by atoms with Crippen LogP contribution in [0.2, 0.25) is 0 Å². The van der Waals surface area contributed by atoms with Crippen molar-refractivity contribution in [1.82, 2.24) is 9.97 Å². The number of anilines is 2. The molecule has 2 aromatic heterocycles. The van der Waals surface area contributed by atoms with Crippen molar-refractivity contribution in [1.29, 1.82) is 0 Å². The molecule has 0 aromatic carbocycles. The summed E-state index contributed by atoms with van der Waals surface area (Å²) in [5.41, 5.74) is 6.76. The van der Waals surface area contributed by atoms with E-state index < -0.39 is 0 Å². The summed E-state index contributed by atoms with van der Waals surface area (Å²) < 4.78 is 4.93. The van der Waals surface area contributed by atoms with Gasteiger partial charge in [0.15, 0.2) is 5.13 Å². The van der Waals surface area contributed by atoms with Crippen LogP contribution in [0.3, 0.4) is 0 Å². The van der Waals surface area contributed by atoms with E-state index in [0.717, 1.165) is 11.3 Å². The Bertz CT molecular complexity index is 565. The molecular formula is C11H12N4O2S. The molecule has 0 unspecified atom stereocenters. The highest BCUT2D eigenvalue weighted by atomic mass is 32.1. The third kappa shape index (κ3) is 2.57. The van der Waals surface area contributed by atoms with Crippen LogP contribution in [0.15, 0.2) is 18.3 Å². The molecule has 7 heteroatoms. The van der Waals surface area contributed by atoms with Gasteiger partial charge in [-0.15, -0.1) is 0 Å². The lowest BCUT2D eigenvalue weighted by Crippen LogP contribution is -2.11. The van der Waals surface area contributed by atoms with Gasteiger partial charge in [-0.25, -0.2) is 9.97 Å². The van der Waals surface area contributed by atoms with Gasteiger partial charge in [-0.05, 0) is 13.0 Å². The highest BCUT2D eigenvalue weighted by molar-refractivity contribution is 7.17. The Morgan fingerprint density at radius 1 is 1.50 bits per heavy atom. The Balaban J connectivity index is 2.13. The van der Waals surface area contributed by atoms with E-state index in [1.807, 2.05) is 0 Å².